The maximum absolute atomic E-state index is 11.2. The summed E-state index contributed by atoms with van der Waals surface area (Å²) in [4.78, 5) is 11.2. The molecule has 1 aromatic rings. The Kier molecular flexibility index (Phi) is 1.93. The van der Waals surface area contributed by atoms with Crippen molar-refractivity contribution in [2.75, 3.05) is 13.2 Å². The van der Waals surface area contributed by atoms with E-state index in [1.807, 2.05) is 6.92 Å². The number of rotatable bonds is 2. The zero-order valence-electron chi connectivity index (χ0n) is 7.37. The number of fused-ring (bicyclic) bond motifs is 1. The van der Waals surface area contributed by atoms with Crippen molar-refractivity contribution in [2.45, 2.75) is 6.92 Å². The molecule has 13 heavy (non-hydrogen) atoms. The van der Waals surface area contributed by atoms with Crippen LogP contribution in [0.15, 0.2) is 18.2 Å². The molecule has 68 valence electrons. The van der Waals surface area contributed by atoms with Gasteiger partial charge >= 0.3 is 0 Å². The fourth-order valence-corrected chi connectivity index (χ4v) is 1.33. The van der Waals surface area contributed by atoms with Gasteiger partial charge in [-0.25, -0.2) is 0 Å². The molecule has 0 saturated carbocycles. The van der Waals surface area contributed by atoms with Gasteiger partial charge < -0.3 is 9.47 Å². The van der Waals surface area contributed by atoms with Crippen molar-refractivity contribution < 1.29 is 14.3 Å². The Hall–Kier alpha value is -1.51. The molecule has 2 rings (SSSR count). The van der Waals surface area contributed by atoms with Crippen molar-refractivity contribution in [1.82, 2.24) is 0 Å². The lowest BCUT2D eigenvalue weighted by atomic mass is 10.1. The maximum atomic E-state index is 11.2. The molecule has 0 saturated heterocycles. The number of hydrogen-bond donors (Lipinski definition) is 0. The average molecular weight is 178 g/mol. The quantitative estimate of drug-likeness (QED) is 0.690. The molecule has 1 aliphatic heterocycles. The summed E-state index contributed by atoms with van der Waals surface area (Å²) in [5.74, 6) is 1.41. The molecule has 1 heterocycles. The van der Waals surface area contributed by atoms with E-state index in [-0.39, 0.29) is 12.4 Å². The normalized spacial score (nSPS) is 13.8. The first-order chi connectivity index (χ1) is 6.31. The Balaban J connectivity index is 2.36. The van der Waals surface area contributed by atoms with Crippen LogP contribution < -0.4 is 9.47 Å². The van der Waals surface area contributed by atoms with Crippen LogP contribution in [0.25, 0.3) is 0 Å². The number of carbonyl (C=O) groups is 1. The highest BCUT2D eigenvalue weighted by Crippen LogP contribution is 2.28. The average Bonchev–Trinajstić information content (AvgIpc) is 2.49. The van der Waals surface area contributed by atoms with E-state index in [0.29, 0.717) is 17.9 Å². The number of carbonyl (C=O) groups excluding carboxylic acids is 1. The van der Waals surface area contributed by atoms with Crippen LogP contribution in [0, 0.1) is 0 Å². The lowest BCUT2D eigenvalue weighted by Crippen LogP contribution is -1.99. The van der Waals surface area contributed by atoms with E-state index in [9.17, 15) is 4.79 Å². The van der Waals surface area contributed by atoms with Crippen molar-refractivity contribution in [3.05, 3.63) is 23.8 Å². The van der Waals surface area contributed by atoms with Gasteiger partial charge in [0.2, 0.25) is 5.78 Å². The first kappa shape index (κ1) is 8.10. The van der Waals surface area contributed by atoms with Crippen molar-refractivity contribution >= 4 is 5.78 Å². The van der Waals surface area contributed by atoms with Crippen LogP contribution in [0.3, 0.4) is 0 Å². The first-order valence-electron chi connectivity index (χ1n) is 4.24. The Bertz CT molecular complexity index is 344. The van der Waals surface area contributed by atoms with Crippen molar-refractivity contribution in [3.8, 4) is 11.5 Å². The molecular formula is C10H10O3. The third-order valence-corrected chi connectivity index (χ3v) is 1.92. The molecule has 0 aromatic heterocycles. The molecule has 0 fully saturated rings. The first-order valence-corrected chi connectivity index (χ1v) is 4.24. The smallest absolute Gasteiger partial charge is 0.204 e. The lowest BCUT2D eigenvalue weighted by Gasteiger charge is -2.03. The highest BCUT2D eigenvalue weighted by Gasteiger charge is 2.21. The zero-order valence-corrected chi connectivity index (χ0v) is 7.37. The molecule has 0 spiro atoms. The molecule has 3 nitrogen and oxygen atoms in total. The Morgan fingerprint density at radius 2 is 2.38 bits per heavy atom. The van der Waals surface area contributed by atoms with E-state index in [2.05, 4.69) is 0 Å². The van der Waals surface area contributed by atoms with Crippen LogP contribution in [0.1, 0.15) is 17.3 Å². The van der Waals surface area contributed by atoms with E-state index in [0.717, 1.165) is 5.75 Å². The molecule has 0 aliphatic carbocycles. The summed E-state index contributed by atoms with van der Waals surface area (Å²) >= 11 is 0. The fourth-order valence-electron chi connectivity index (χ4n) is 1.33. The van der Waals surface area contributed by atoms with Crippen LogP contribution in [0.2, 0.25) is 0 Å². The van der Waals surface area contributed by atoms with Crippen molar-refractivity contribution in [2.24, 2.45) is 0 Å². The topological polar surface area (TPSA) is 35.5 Å². The minimum atomic E-state index is 0.0246. The molecule has 0 unspecified atom stereocenters. The van der Waals surface area contributed by atoms with E-state index < -0.39 is 0 Å². The van der Waals surface area contributed by atoms with Gasteiger partial charge in [0.15, 0.2) is 6.61 Å². The number of Topliss-reactive ketones (excluding diaryl/α,β-unsaturated/α-hetero) is 1. The predicted octanol–water partition coefficient (Wildman–Crippen LogP) is 1.66. The Labute approximate surface area is 76.3 Å². The number of benzene rings is 1. The summed E-state index contributed by atoms with van der Waals surface area (Å²) in [6, 6.07) is 5.31. The Morgan fingerprint density at radius 1 is 1.54 bits per heavy atom. The van der Waals surface area contributed by atoms with E-state index in [1.54, 1.807) is 18.2 Å². The molecule has 0 bridgehead atoms. The molecular weight excluding hydrogens is 168 g/mol. The molecule has 0 N–H and O–H groups in total. The van der Waals surface area contributed by atoms with Crippen LogP contribution in [0.4, 0.5) is 0 Å². The van der Waals surface area contributed by atoms with Crippen molar-refractivity contribution in [3.63, 3.8) is 0 Å². The molecule has 0 atom stereocenters. The van der Waals surface area contributed by atoms with E-state index in [1.165, 1.54) is 0 Å². The lowest BCUT2D eigenvalue weighted by molar-refractivity contribution is 0.0961. The van der Waals surface area contributed by atoms with Gasteiger partial charge in [0.25, 0.3) is 0 Å². The van der Waals surface area contributed by atoms with Gasteiger partial charge in [0.05, 0.1) is 12.2 Å². The minimum absolute atomic E-state index is 0.0246. The SMILES string of the molecule is CCOc1ccc2c(c1)C(=O)CO2. The fraction of sp³-hybridized carbons (Fsp3) is 0.300. The summed E-state index contributed by atoms with van der Waals surface area (Å²) in [6.07, 6.45) is 0. The molecule has 1 aromatic carbocycles. The van der Waals surface area contributed by atoms with Crippen molar-refractivity contribution in [1.29, 1.82) is 0 Å². The van der Waals surface area contributed by atoms with Crippen LogP contribution in [0.5, 0.6) is 11.5 Å². The van der Waals surface area contributed by atoms with Gasteiger partial charge in [0, 0.05) is 0 Å². The summed E-state index contributed by atoms with van der Waals surface area (Å²) in [6.45, 7) is 2.67. The van der Waals surface area contributed by atoms with Gasteiger partial charge in [-0.05, 0) is 25.1 Å². The minimum Gasteiger partial charge on any atom is -0.494 e. The van der Waals surface area contributed by atoms with Crippen LogP contribution >= 0.6 is 0 Å². The maximum Gasteiger partial charge on any atom is 0.204 e. The third-order valence-electron chi connectivity index (χ3n) is 1.92. The molecule has 0 radical (unpaired) electrons. The van der Waals surface area contributed by atoms with Gasteiger partial charge in [0.1, 0.15) is 11.5 Å². The van der Waals surface area contributed by atoms with Crippen LogP contribution in [-0.4, -0.2) is 19.0 Å². The van der Waals surface area contributed by atoms with Gasteiger partial charge in [-0.15, -0.1) is 0 Å². The number of ether oxygens (including phenoxy) is 2. The van der Waals surface area contributed by atoms with Crippen LogP contribution in [-0.2, 0) is 0 Å². The van der Waals surface area contributed by atoms with Gasteiger partial charge in [-0.1, -0.05) is 0 Å². The summed E-state index contributed by atoms with van der Waals surface area (Å²) in [5, 5.41) is 0. The second-order valence-corrected chi connectivity index (χ2v) is 2.80. The van der Waals surface area contributed by atoms with E-state index >= 15 is 0 Å². The Morgan fingerprint density at radius 3 is 3.15 bits per heavy atom. The monoisotopic (exact) mass is 178 g/mol. The third kappa shape index (κ3) is 1.37. The molecule has 1 aliphatic rings. The van der Waals surface area contributed by atoms with Gasteiger partial charge in [-0.2, -0.15) is 0 Å². The highest BCUT2D eigenvalue weighted by molar-refractivity contribution is 6.02. The summed E-state index contributed by atoms with van der Waals surface area (Å²) in [5.41, 5.74) is 0.631. The highest BCUT2D eigenvalue weighted by atomic mass is 16.5. The molecule has 3 heteroatoms. The largest absolute Gasteiger partial charge is 0.494 e. The standard InChI is InChI=1S/C10H10O3/c1-2-12-7-3-4-10-8(5-7)9(11)6-13-10/h3-5H,2,6H2,1H3. The van der Waals surface area contributed by atoms with Gasteiger partial charge in [-0.3, -0.25) is 4.79 Å². The zero-order chi connectivity index (χ0) is 9.26. The van der Waals surface area contributed by atoms with E-state index in [4.69, 9.17) is 9.47 Å². The second-order valence-electron chi connectivity index (χ2n) is 2.80. The number of ketones is 1. The second kappa shape index (κ2) is 3.09. The summed E-state index contributed by atoms with van der Waals surface area (Å²) < 4.78 is 10.4. The number of hydrogen-bond acceptors (Lipinski definition) is 3. The molecule has 0 amide bonds. The summed E-state index contributed by atoms with van der Waals surface area (Å²) in [7, 11) is 0. The predicted molar refractivity (Wildman–Crippen MR) is 47.4 cm³/mol.